The zero-order valence-electron chi connectivity index (χ0n) is 18.2. The number of benzene rings is 3. The maximum Gasteiger partial charge on any atom is 0.226 e. The van der Waals surface area contributed by atoms with E-state index in [0.717, 1.165) is 27.6 Å². The second-order valence-electron chi connectivity index (χ2n) is 7.79. The van der Waals surface area contributed by atoms with Crippen molar-refractivity contribution in [2.45, 2.75) is 32.9 Å². The normalized spacial score (nSPS) is 11.7. The summed E-state index contributed by atoms with van der Waals surface area (Å²) in [6.45, 7) is 4.44. The molecule has 1 N–H and O–H groups in total. The molecular formula is C27H26N2O2S. The molecule has 4 nitrogen and oxygen atoms in total. The number of hydrogen-bond acceptors (Lipinski definition) is 4. The Balaban J connectivity index is 1.28. The van der Waals surface area contributed by atoms with Crippen molar-refractivity contribution in [1.29, 1.82) is 0 Å². The van der Waals surface area contributed by atoms with Crippen LogP contribution in [0.15, 0.2) is 84.2 Å². The molecule has 1 aromatic heterocycles. The predicted molar refractivity (Wildman–Crippen MR) is 130 cm³/mol. The third-order valence-corrected chi connectivity index (χ3v) is 6.09. The Morgan fingerprint density at radius 3 is 2.38 bits per heavy atom. The smallest absolute Gasteiger partial charge is 0.226 e. The molecule has 0 aliphatic carbocycles. The molecule has 1 amide bonds. The molecule has 1 unspecified atom stereocenters. The van der Waals surface area contributed by atoms with Crippen LogP contribution in [-0.4, -0.2) is 10.9 Å². The average Bonchev–Trinajstić information content (AvgIpc) is 3.26. The lowest BCUT2D eigenvalue weighted by Gasteiger charge is -2.14. The number of aromatic nitrogens is 1. The summed E-state index contributed by atoms with van der Waals surface area (Å²) < 4.78 is 5.78. The van der Waals surface area contributed by atoms with E-state index in [-0.39, 0.29) is 18.4 Å². The van der Waals surface area contributed by atoms with Crippen LogP contribution in [0.5, 0.6) is 5.75 Å². The molecule has 5 heteroatoms. The molecule has 4 rings (SSSR count). The van der Waals surface area contributed by atoms with E-state index in [1.165, 1.54) is 22.5 Å². The van der Waals surface area contributed by atoms with Crippen molar-refractivity contribution in [1.82, 2.24) is 10.3 Å². The number of aryl methyl sites for hydroxylation is 1. The van der Waals surface area contributed by atoms with E-state index in [1.807, 2.05) is 61.7 Å². The first-order valence-corrected chi connectivity index (χ1v) is 11.5. The number of hydrogen-bond donors (Lipinski definition) is 1. The van der Waals surface area contributed by atoms with Gasteiger partial charge in [0, 0.05) is 5.38 Å². The molecule has 0 saturated heterocycles. The van der Waals surface area contributed by atoms with Crippen molar-refractivity contribution < 1.29 is 9.53 Å². The van der Waals surface area contributed by atoms with Crippen LogP contribution in [0, 0.1) is 6.92 Å². The standard InChI is InChI=1S/C27H26N2O2S/c1-19-8-14-25(15-9-19)31-17-27-29-24(18-32-27)16-26(30)28-20(2)21-10-12-23(13-11-21)22-6-4-3-5-7-22/h3-15,18,20H,16-17H2,1-2H3,(H,28,30). The maximum absolute atomic E-state index is 12.5. The summed E-state index contributed by atoms with van der Waals surface area (Å²) in [5.74, 6) is 0.776. The van der Waals surface area contributed by atoms with E-state index in [1.54, 1.807) is 0 Å². The molecule has 0 bridgehead atoms. The largest absolute Gasteiger partial charge is 0.486 e. The zero-order chi connectivity index (χ0) is 22.3. The molecule has 3 aromatic carbocycles. The highest BCUT2D eigenvalue weighted by Crippen LogP contribution is 2.22. The molecule has 4 aromatic rings. The Labute approximate surface area is 192 Å². The molecule has 162 valence electrons. The van der Waals surface area contributed by atoms with Gasteiger partial charge >= 0.3 is 0 Å². The van der Waals surface area contributed by atoms with Gasteiger partial charge in [0.15, 0.2) is 0 Å². The number of ether oxygens (including phenoxy) is 1. The third-order valence-electron chi connectivity index (χ3n) is 5.22. The van der Waals surface area contributed by atoms with Crippen molar-refractivity contribution in [3.8, 4) is 16.9 Å². The fourth-order valence-corrected chi connectivity index (χ4v) is 4.12. The summed E-state index contributed by atoms with van der Waals surface area (Å²) >= 11 is 1.51. The fraction of sp³-hybridized carbons (Fsp3) is 0.185. The minimum Gasteiger partial charge on any atom is -0.486 e. The van der Waals surface area contributed by atoms with E-state index < -0.39 is 0 Å². The van der Waals surface area contributed by atoms with E-state index in [9.17, 15) is 4.79 Å². The van der Waals surface area contributed by atoms with Crippen LogP contribution in [0.25, 0.3) is 11.1 Å². The molecule has 0 saturated carbocycles. The van der Waals surface area contributed by atoms with Crippen molar-refractivity contribution in [2.24, 2.45) is 0 Å². The minimum absolute atomic E-state index is 0.0408. The van der Waals surface area contributed by atoms with Crippen LogP contribution in [-0.2, 0) is 17.8 Å². The van der Waals surface area contributed by atoms with Crippen LogP contribution >= 0.6 is 11.3 Å². The molecule has 0 aliphatic rings. The Morgan fingerprint density at radius 1 is 0.969 bits per heavy atom. The van der Waals surface area contributed by atoms with Gasteiger partial charge in [-0.2, -0.15) is 0 Å². The monoisotopic (exact) mass is 442 g/mol. The van der Waals surface area contributed by atoms with Crippen LogP contribution in [0.3, 0.4) is 0 Å². The molecule has 0 spiro atoms. The van der Waals surface area contributed by atoms with E-state index >= 15 is 0 Å². The van der Waals surface area contributed by atoms with Gasteiger partial charge in [-0.25, -0.2) is 4.98 Å². The van der Waals surface area contributed by atoms with Crippen LogP contribution in [0.4, 0.5) is 0 Å². The van der Waals surface area contributed by atoms with Gasteiger partial charge in [-0.15, -0.1) is 11.3 Å². The van der Waals surface area contributed by atoms with Gasteiger partial charge < -0.3 is 10.1 Å². The number of carbonyl (C=O) groups excluding carboxylic acids is 1. The summed E-state index contributed by atoms with van der Waals surface area (Å²) in [6, 6.07) is 26.4. The van der Waals surface area contributed by atoms with Crippen molar-refractivity contribution in [2.75, 3.05) is 0 Å². The lowest BCUT2D eigenvalue weighted by atomic mass is 10.0. The molecule has 1 atom stereocenters. The highest BCUT2D eigenvalue weighted by atomic mass is 32.1. The molecule has 1 heterocycles. The maximum atomic E-state index is 12.5. The summed E-state index contributed by atoms with van der Waals surface area (Å²) in [5, 5.41) is 5.85. The van der Waals surface area contributed by atoms with Crippen molar-refractivity contribution in [3.63, 3.8) is 0 Å². The second-order valence-corrected chi connectivity index (χ2v) is 8.73. The summed E-state index contributed by atoms with van der Waals surface area (Å²) in [6.07, 6.45) is 0.257. The third kappa shape index (κ3) is 5.83. The van der Waals surface area contributed by atoms with Gasteiger partial charge in [-0.05, 0) is 42.7 Å². The van der Waals surface area contributed by atoms with Gasteiger partial charge in [-0.1, -0.05) is 72.3 Å². The summed E-state index contributed by atoms with van der Waals surface area (Å²) in [4.78, 5) is 17.1. The molecule has 0 radical (unpaired) electrons. The van der Waals surface area contributed by atoms with E-state index in [0.29, 0.717) is 6.61 Å². The first-order chi connectivity index (χ1) is 15.6. The first-order valence-electron chi connectivity index (χ1n) is 10.6. The Morgan fingerprint density at radius 2 is 1.66 bits per heavy atom. The quantitative estimate of drug-likeness (QED) is 0.358. The van der Waals surface area contributed by atoms with Crippen molar-refractivity contribution in [3.05, 3.63) is 106 Å². The highest BCUT2D eigenvalue weighted by molar-refractivity contribution is 7.09. The Bertz CT molecular complexity index is 1150. The number of carbonyl (C=O) groups is 1. The van der Waals surface area contributed by atoms with Crippen LogP contribution in [0.1, 0.15) is 34.8 Å². The molecule has 0 aliphatic heterocycles. The minimum atomic E-state index is -0.0738. The SMILES string of the molecule is Cc1ccc(OCc2nc(CC(=O)NC(C)c3ccc(-c4ccccc4)cc3)cs2)cc1. The molecule has 32 heavy (non-hydrogen) atoms. The number of nitrogens with zero attached hydrogens (tertiary/aromatic N) is 1. The van der Waals surface area contributed by atoms with Gasteiger partial charge in [-0.3, -0.25) is 4.79 Å². The molecular weight excluding hydrogens is 416 g/mol. The topological polar surface area (TPSA) is 51.2 Å². The number of rotatable bonds is 8. The highest BCUT2D eigenvalue weighted by Gasteiger charge is 2.13. The van der Waals surface area contributed by atoms with E-state index in [4.69, 9.17) is 4.74 Å². The average molecular weight is 443 g/mol. The predicted octanol–water partition coefficient (Wildman–Crippen LogP) is 6.12. The summed E-state index contributed by atoms with van der Waals surface area (Å²) in [7, 11) is 0. The second kappa shape index (κ2) is 10.2. The fourth-order valence-electron chi connectivity index (χ4n) is 3.41. The van der Waals surface area contributed by atoms with Gasteiger partial charge in [0.1, 0.15) is 17.4 Å². The van der Waals surface area contributed by atoms with E-state index in [2.05, 4.69) is 46.7 Å². The first kappa shape index (κ1) is 21.8. The molecule has 0 fully saturated rings. The van der Waals surface area contributed by atoms with Crippen LogP contribution < -0.4 is 10.1 Å². The Kier molecular flexibility index (Phi) is 6.97. The number of nitrogens with one attached hydrogen (secondary N) is 1. The van der Waals surface area contributed by atoms with Gasteiger partial charge in [0.2, 0.25) is 5.91 Å². The van der Waals surface area contributed by atoms with Gasteiger partial charge in [0.05, 0.1) is 18.2 Å². The Hall–Kier alpha value is -3.44. The number of amides is 1. The number of thiazole rings is 1. The van der Waals surface area contributed by atoms with Crippen molar-refractivity contribution >= 4 is 17.2 Å². The van der Waals surface area contributed by atoms with Gasteiger partial charge in [0.25, 0.3) is 0 Å². The lowest BCUT2D eigenvalue weighted by Crippen LogP contribution is -2.28. The lowest BCUT2D eigenvalue weighted by molar-refractivity contribution is -0.121. The zero-order valence-corrected chi connectivity index (χ0v) is 19.1. The van der Waals surface area contributed by atoms with Crippen LogP contribution in [0.2, 0.25) is 0 Å². The summed E-state index contributed by atoms with van der Waals surface area (Å²) in [5.41, 5.74) is 5.38.